The molecule has 0 rings (SSSR count). The van der Waals surface area contributed by atoms with Gasteiger partial charge in [-0.05, 0) is 6.42 Å². The van der Waals surface area contributed by atoms with Crippen LogP contribution in [0.2, 0.25) is 0 Å². The molecule has 1 atom stereocenters. The average Bonchev–Trinajstić information content (AvgIpc) is 2.30. The summed E-state index contributed by atoms with van der Waals surface area (Å²) in [4.78, 5) is 23.6. The highest BCUT2D eigenvalue weighted by molar-refractivity contribution is 7.47. The molecule has 0 bridgehead atoms. The van der Waals surface area contributed by atoms with Gasteiger partial charge in [0, 0.05) is 6.08 Å². The number of hydrogen-bond donors (Lipinski definition) is 2. The SMILES string of the molecule is C=CC(=O)OOP(=O)(O)OCCCCCCC.N. The molecule has 0 fully saturated rings. The van der Waals surface area contributed by atoms with Crippen molar-refractivity contribution in [1.82, 2.24) is 6.15 Å². The van der Waals surface area contributed by atoms with Crippen molar-refractivity contribution in [1.29, 1.82) is 0 Å². The fraction of sp³-hybridized carbons (Fsp3) is 0.700. The quantitative estimate of drug-likeness (QED) is 0.208. The normalized spacial score (nSPS) is 13.2. The molecule has 18 heavy (non-hydrogen) atoms. The first-order valence-electron chi connectivity index (χ1n) is 5.52. The van der Waals surface area contributed by atoms with E-state index < -0.39 is 13.8 Å². The minimum absolute atomic E-state index is 0. The summed E-state index contributed by atoms with van der Waals surface area (Å²) in [5, 5.41) is 0. The van der Waals surface area contributed by atoms with Crippen LogP contribution in [0.15, 0.2) is 12.7 Å². The van der Waals surface area contributed by atoms with Crippen LogP contribution < -0.4 is 6.15 Å². The van der Waals surface area contributed by atoms with E-state index in [0.29, 0.717) is 6.42 Å². The molecule has 108 valence electrons. The second-order valence-electron chi connectivity index (χ2n) is 3.40. The van der Waals surface area contributed by atoms with Crippen LogP contribution in [0, 0.1) is 0 Å². The van der Waals surface area contributed by atoms with E-state index in [2.05, 4.69) is 27.6 Å². The standard InChI is InChI=1S/C10H19O6P.H3N/c1-3-5-6-7-8-9-14-17(12,13)16-15-10(11)4-2;/h4H,2-3,5-9H2,1H3,(H,12,13);1H3. The van der Waals surface area contributed by atoms with Crippen LogP contribution in [0.1, 0.15) is 39.0 Å². The number of rotatable bonds is 10. The average molecular weight is 283 g/mol. The molecule has 0 aliphatic heterocycles. The van der Waals surface area contributed by atoms with Gasteiger partial charge in [0.1, 0.15) is 0 Å². The Morgan fingerprint density at radius 3 is 2.50 bits per heavy atom. The fourth-order valence-corrected chi connectivity index (χ4v) is 1.60. The van der Waals surface area contributed by atoms with Gasteiger partial charge in [-0.15, -0.1) is 0 Å². The third kappa shape index (κ3) is 11.8. The largest absolute Gasteiger partial charge is 0.508 e. The molecule has 0 aromatic carbocycles. The third-order valence-electron chi connectivity index (χ3n) is 1.88. The van der Waals surface area contributed by atoms with Crippen molar-refractivity contribution in [2.45, 2.75) is 39.0 Å². The Morgan fingerprint density at radius 2 is 1.94 bits per heavy atom. The van der Waals surface area contributed by atoms with Crippen LogP contribution >= 0.6 is 7.82 Å². The van der Waals surface area contributed by atoms with Gasteiger partial charge in [-0.1, -0.05) is 43.9 Å². The van der Waals surface area contributed by atoms with Crippen molar-refractivity contribution in [3.05, 3.63) is 12.7 Å². The Hall–Kier alpha value is -0.720. The van der Waals surface area contributed by atoms with Gasteiger partial charge in [0.25, 0.3) is 0 Å². The first-order valence-corrected chi connectivity index (χ1v) is 7.01. The molecule has 0 amide bonds. The van der Waals surface area contributed by atoms with Gasteiger partial charge in [-0.25, -0.2) is 9.36 Å². The van der Waals surface area contributed by atoms with E-state index in [1.54, 1.807) is 0 Å². The van der Waals surface area contributed by atoms with Gasteiger partial charge < -0.3 is 11.0 Å². The third-order valence-corrected chi connectivity index (χ3v) is 2.65. The highest BCUT2D eigenvalue weighted by Crippen LogP contribution is 2.43. The van der Waals surface area contributed by atoms with Crippen molar-refractivity contribution in [3.8, 4) is 0 Å². The molecule has 0 aliphatic carbocycles. The number of phosphoric acid groups is 1. The molecule has 1 unspecified atom stereocenters. The Balaban J connectivity index is 0. The first kappa shape index (κ1) is 19.6. The zero-order valence-corrected chi connectivity index (χ0v) is 11.6. The summed E-state index contributed by atoms with van der Waals surface area (Å²) in [7, 11) is -4.31. The smallest absolute Gasteiger partial charge is 0.344 e. The molecule has 0 radical (unpaired) electrons. The van der Waals surface area contributed by atoms with Crippen LogP contribution in [0.25, 0.3) is 0 Å². The first-order chi connectivity index (χ1) is 8.02. The Kier molecular flexibility index (Phi) is 12.4. The van der Waals surface area contributed by atoms with Gasteiger partial charge in [0.15, 0.2) is 0 Å². The number of hydrogen-bond acceptors (Lipinski definition) is 6. The summed E-state index contributed by atoms with van der Waals surface area (Å²) in [6.45, 7) is 5.28. The highest BCUT2D eigenvalue weighted by atomic mass is 31.2. The Bertz CT molecular complexity index is 284. The fourth-order valence-electron chi connectivity index (χ4n) is 1.02. The summed E-state index contributed by atoms with van der Waals surface area (Å²) in [5.74, 6) is -0.953. The minimum atomic E-state index is -4.31. The van der Waals surface area contributed by atoms with Crippen LogP contribution in [-0.4, -0.2) is 17.5 Å². The van der Waals surface area contributed by atoms with Gasteiger partial charge in [-0.2, -0.15) is 0 Å². The van der Waals surface area contributed by atoms with Crippen molar-refractivity contribution in [2.24, 2.45) is 0 Å². The maximum atomic E-state index is 11.1. The monoisotopic (exact) mass is 283 g/mol. The van der Waals surface area contributed by atoms with E-state index >= 15 is 0 Å². The van der Waals surface area contributed by atoms with Gasteiger partial charge in [0.2, 0.25) is 0 Å². The lowest BCUT2D eigenvalue weighted by molar-refractivity contribution is -0.217. The van der Waals surface area contributed by atoms with Crippen molar-refractivity contribution >= 4 is 13.8 Å². The summed E-state index contributed by atoms with van der Waals surface area (Å²) >= 11 is 0. The molecule has 0 saturated heterocycles. The Labute approximate surface area is 107 Å². The van der Waals surface area contributed by atoms with Crippen molar-refractivity contribution in [3.63, 3.8) is 0 Å². The lowest BCUT2D eigenvalue weighted by Gasteiger charge is -2.09. The molecule has 0 spiro atoms. The van der Waals surface area contributed by atoms with Crippen LogP contribution in [0.3, 0.4) is 0 Å². The topological polar surface area (TPSA) is 117 Å². The molecule has 0 aromatic heterocycles. The van der Waals surface area contributed by atoms with Gasteiger partial charge in [0.05, 0.1) is 6.61 Å². The van der Waals surface area contributed by atoms with Gasteiger partial charge in [-0.3, -0.25) is 9.41 Å². The van der Waals surface area contributed by atoms with E-state index in [4.69, 9.17) is 4.89 Å². The lowest BCUT2D eigenvalue weighted by Crippen LogP contribution is -2.03. The summed E-state index contributed by atoms with van der Waals surface area (Å²) < 4.78 is 19.7. The predicted molar refractivity (Wildman–Crippen MR) is 66.9 cm³/mol. The van der Waals surface area contributed by atoms with E-state index in [1.807, 2.05) is 0 Å². The highest BCUT2D eigenvalue weighted by Gasteiger charge is 2.24. The lowest BCUT2D eigenvalue weighted by atomic mass is 10.2. The maximum absolute atomic E-state index is 11.1. The predicted octanol–water partition coefficient (Wildman–Crippen LogP) is 2.90. The number of unbranched alkanes of at least 4 members (excludes halogenated alkanes) is 4. The number of phosphoric ester groups is 1. The van der Waals surface area contributed by atoms with E-state index in [0.717, 1.165) is 31.8 Å². The summed E-state index contributed by atoms with van der Waals surface area (Å²) in [6.07, 6.45) is 5.69. The summed E-state index contributed by atoms with van der Waals surface area (Å²) in [6, 6.07) is 0. The van der Waals surface area contributed by atoms with E-state index in [1.165, 1.54) is 0 Å². The number of carbonyl (C=O) groups excluding carboxylic acids is 1. The maximum Gasteiger partial charge on any atom is 0.508 e. The van der Waals surface area contributed by atoms with Crippen LogP contribution in [0.5, 0.6) is 0 Å². The number of carbonyl (C=O) groups is 1. The molecule has 4 N–H and O–H groups in total. The van der Waals surface area contributed by atoms with Gasteiger partial charge >= 0.3 is 13.8 Å². The molecule has 0 heterocycles. The molecule has 0 saturated carbocycles. The second kappa shape index (κ2) is 11.4. The van der Waals surface area contributed by atoms with Crippen molar-refractivity contribution < 1.29 is 28.3 Å². The van der Waals surface area contributed by atoms with Crippen molar-refractivity contribution in [2.75, 3.05) is 6.61 Å². The molecular formula is C10H22NO6P. The molecular weight excluding hydrogens is 261 g/mol. The van der Waals surface area contributed by atoms with E-state index in [9.17, 15) is 9.36 Å². The van der Waals surface area contributed by atoms with Crippen LogP contribution in [-0.2, 0) is 23.4 Å². The molecule has 8 heteroatoms. The molecule has 0 aliphatic rings. The zero-order valence-electron chi connectivity index (χ0n) is 10.7. The van der Waals surface area contributed by atoms with E-state index in [-0.39, 0.29) is 12.8 Å². The molecule has 0 aromatic rings. The summed E-state index contributed by atoms with van der Waals surface area (Å²) in [5.41, 5.74) is 0. The van der Waals surface area contributed by atoms with Crippen LogP contribution in [0.4, 0.5) is 0 Å². The molecule has 7 nitrogen and oxygen atoms in total. The zero-order chi connectivity index (χ0) is 13.1. The minimum Gasteiger partial charge on any atom is -0.344 e. The second-order valence-corrected chi connectivity index (χ2v) is 4.74. The Morgan fingerprint density at radius 1 is 1.33 bits per heavy atom.